The fourth-order valence-corrected chi connectivity index (χ4v) is 5.96. The Hall–Kier alpha value is -3.42. The van der Waals surface area contributed by atoms with Gasteiger partial charge in [-0.2, -0.15) is 0 Å². The smallest absolute Gasteiger partial charge is 0.258 e. The van der Waals surface area contributed by atoms with Crippen molar-refractivity contribution in [1.82, 2.24) is 9.88 Å². The van der Waals surface area contributed by atoms with Gasteiger partial charge in [0.2, 0.25) is 5.91 Å². The highest BCUT2D eigenvalue weighted by Crippen LogP contribution is 2.40. The molecular formula is C30H34ClN5O2. The first-order chi connectivity index (χ1) is 18.4. The minimum absolute atomic E-state index is 0.00561. The van der Waals surface area contributed by atoms with E-state index in [1.165, 1.54) is 0 Å². The molecular weight excluding hydrogens is 498 g/mol. The molecule has 0 saturated carbocycles. The highest BCUT2D eigenvalue weighted by molar-refractivity contribution is 6.33. The molecule has 0 radical (unpaired) electrons. The molecule has 8 heteroatoms. The number of piperazine rings is 1. The maximum absolute atomic E-state index is 13.3. The fourth-order valence-electron chi connectivity index (χ4n) is 5.66. The Morgan fingerprint density at radius 3 is 2.47 bits per heavy atom. The predicted octanol–water partition coefficient (Wildman–Crippen LogP) is 5.61. The molecule has 0 aliphatic carbocycles. The molecule has 0 spiro atoms. The lowest BCUT2D eigenvalue weighted by Gasteiger charge is -2.41. The fraction of sp³-hybridized carbons (Fsp3) is 0.367. The monoisotopic (exact) mass is 531 g/mol. The van der Waals surface area contributed by atoms with Crippen molar-refractivity contribution < 1.29 is 9.59 Å². The quantitative estimate of drug-likeness (QED) is 0.447. The van der Waals surface area contributed by atoms with Gasteiger partial charge in [-0.1, -0.05) is 43.6 Å². The number of amides is 2. The summed E-state index contributed by atoms with van der Waals surface area (Å²) in [4.78, 5) is 36.6. The molecule has 2 aliphatic rings. The summed E-state index contributed by atoms with van der Waals surface area (Å²) >= 11 is 6.71. The van der Waals surface area contributed by atoms with Crippen LogP contribution in [0.2, 0.25) is 5.02 Å². The van der Waals surface area contributed by atoms with Crippen LogP contribution < -0.4 is 15.1 Å². The van der Waals surface area contributed by atoms with Crippen LogP contribution in [0.5, 0.6) is 0 Å². The standard InChI is InChI=1S/C30H34ClN5O2/c1-4-20(5-2)29(37)33-21-10-11-27(25(31)18-21)35-14-16-36(17-15-35)28-23-8-6-7-9-26(23)34(3)30(38)22-12-13-32-19-24(22)28/h6-13,18-20,28H,4-5,14-17H2,1-3H3,(H,33,37). The van der Waals surface area contributed by atoms with E-state index in [2.05, 4.69) is 26.2 Å². The molecule has 7 nitrogen and oxygen atoms in total. The van der Waals surface area contributed by atoms with Crippen molar-refractivity contribution in [2.75, 3.05) is 48.3 Å². The topological polar surface area (TPSA) is 68.8 Å². The van der Waals surface area contributed by atoms with Gasteiger partial charge in [0.05, 0.1) is 16.8 Å². The lowest BCUT2D eigenvalue weighted by molar-refractivity contribution is -0.120. The van der Waals surface area contributed by atoms with Crippen LogP contribution in [0, 0.1) is 5.92 Å². The molecule has 3 aromatic rings. The lowest BCUT2D eigenvalue weighted by atomic mass is 9.94. The van der Waals surface area contributed by atoms with E-state index in [-0.39, 0.29) is 23.8 Å². The second kappa shape index (κ2) is 11.1. The summed E-state index contributed by atoms with van der Waals surface area (Å²) in [5.41, 5.74) is 5.36. The zero-order valence-electron chi connectivity index (χ0n) is 22.2. The van der Waals surface area contributed by atoms with Gasteiger partial charge >= 0.3 is 0 Å². The molecule has 198 valence electrons. The number of hydrogen-bond donors (Lipinski definition) is 1. The maximum atomic E-state index is 13.3. The summed E-state index contributed by atoms with van der Waals surface area (Å²) in [6.45, 7) is 7.24. The van der Waals surface area contributed by atoms with Crippen LogP contribution in [0.4, 0.5) is 17.1 Å². The van der Waals surface area contributed by atoms with Gasteiger partial charge in [-0.25, -0.2) is 0 Å². The number of fused-ring (bicyclic) bond motifs is 2. The van der Waals surface area contributed by atoms with Gasteiger partial charge in [-0.3, -0.25) is 19.5 Å². The van der Waals surface area contributed by atoms with Gasteiger partial charge in [0, 0.05) is 74.0 Å². The first-order valence-electron chi connectivity index (χ1n) is 13.3. The first-order valence-corrected chi connectivity index (χ1v) is 13.7. The van der Waals surface area contributed by atoms with Gasteiger partial charge < -0.3 is 15.1 Å². The van der Waals surface area contributed by atoms with Crippen molar-refractivity contribution in [3.05, 3.63) is 82.6 Å². The van der Waals surface area contributed by atoms with Crippen LogP contribution in [-0.4, -0.2) is 54.9 Å². The van der Waals surface area contributed by atoms with Crippen molar-refractivity contribution in [1.29, 1.82) is 0 Å². The Morgan fingerprint density at radius 2 is 1.76 bits per heavy atom. The number of pyridine rings is 1. The molecule has 2 aromatic carbocycles. The average Bonchev–Trinajstić information content (AvgIpc) is 3.03. The second-order valence-corrected chi connectivity index (χ2v) is 10.4. The van der Waals surface area contributed by atoms with E-state index in [1.54, 1.807) is 11.1 Å². The second-order valence-electron chi connectivity index (χ2n) is 9.98. The van der Waals surface area contributed by atoms with E-state index in [9.17, 15) is 9.59 Å². The van der Waals surface area contributed by atoms with Crippen LogP contribution in [0.1, 0.15) is 54.2 Å². The third-order valence-corrected chi connectivity index (χ3v) is 8.17. The molecule has 1 N–H and O–H groups in total. The Balaban J connectivity index is 1.36. The number of para-hydroxylation sites is 1. The Morgan fingerprint density at radius 1 is 1.03 bits per heavy atom. The number of anilines is 3. The molecule has 1 fully saturated rings. The van der Waals surface area contributed by atoms with E-state index in [0.717, 1.165) is 67.2 Å². The zero-order valence-corrected chi connectivity index (χ0v) is 22.9. The molecule has 1 aromatic heterocycles. The molecule has 5 rings (SSSR count). The lowest BCUT2D eigenvalue weighted by Crippen LogP contribution is -2.48. The summed E-state index contributed by atoms with van der Waals surface area (Å²) in [5.74, 6) is 0.0280. The summed E-state index contributed by atoms with van der Waals surface area (Å²) in [5, 5.41) is 3.64. The number of rotatable bonds is 6. The molecule has 0 bridgehead atoms. The summed E-state index contributed by atoms with van der Waals surface area (Å²) in [7, 11) is 1.84. The number of halogens is 1. The van der Waals surface area contributed by atoms with Gasteiger partial charge in [-0.15, -0.1) is 0 Å². The van der Waals surface area contributed by atoms with Crippen LogP contribution in [0.15, 0.2) is 60.9 Å². The molecule has 38 heavy (non-hydrogen) atoms. The number of carbonyl (C=O) groups is 2. The SMILES string of the molecule is CCC(CC)C(=O)Nc1ccc(N2CCN(C3c4cnccc4C(=O)N(C)c4ccccc43)CC2)c(Cl)c1. The van der Waals surface area contributed by atoms with Crippen molar-refractivity contribution in [3.8, 4) is 0 Å². The van der Waals surface area contributed by atoms with Crippen molar-refractivity contribution in [3.63, 3.8) is 0 Å². The minimum atomic E-state index is -0.0657. The van der Waals surface area contributed by atoms with Crippen molar-refractivity contribution in [2.45, 2.75) is 32.7 Å². The number of carbonyl (C=O) groups excluding carboxylic acids is 2. The van der Waals surface area contributed by atoms with Gasteiger partial charge in [-0.05, 0) is 48.7 Å². The van der Waals surface area contributed by atoms with Crippen LogP contribution >= 0.6 is 11.6 Å². The van der Waals surface area contributed by atoms with E-state index < -0.39 is 0 Å². The van der Waals surface area contributed by atoms with Crippen molar-refractivity contribution >= 4 is 40.5 Å². The van der Waals surface area contributed by atoms with E-state index in [1.807, 2.05) is 69.6 Å². The van der Waals surface area contributed by atoms with Gasteiger partial charge in [0.15, 0.2) is 0 Å². The van der Waals surface area contributed by atoms with Gasteiger partial charge in [0.25, 0.3) is 5.91 Å². The van der Waals surface area contributed by atoms with E-state index >= 15 is 0 Å². The Kier molecular flexibility index (Phi) is 7.68. The van der Waals surface area contributed by atoms with Crippen LogP contribution in [-0.2, 0) is 4.79 Å². The highest BCUT2D eigenvalue weighted by atomic mass is 35.5. The zero-order chi connectivity index (χ0) is 26.8. The minimum Gasteiger partial charge on any atom is -0.368 e. The average molecular weight is 532 g/mol. The predicted molar refractivity (Wildman–Crippen MR) is 153 cm³/mol. The molecule has 1 saturated heterocycles. The summed E-state index contributed by atoms with van der Waals surface area (Å²) in [6.07, 6.45) is 5.16. The Bertz CT molecular complexity index is 1330. The molecule has 1 atom stereocenters. The largest absolute Gasteiger partial charge is 0.368 e. The summed E-state index contributed by atoms with van der Waals surface area (Å²) < 4.78 is 0. The Labute approximate surface area is 229 Å². The van der Waals surface area contributed by atoms with E-state index in [4.69, 9.17) is 11.6 Å². The van der Waals surface area contributed by atoms with E-state index in [0.29, 0.717) is 10.6 Å². The van der Waals surface area contributed by atoms with Crippen LogP contribution in [0.3, 0.4) is 0 Å². The molecule has 2 amide bonds. The van der Waals surface area contributed by atoms with Crippen molar-refractivity contribution in [2.24, 2.45) is 5.92 Å². The highest BCUT2D eigenvalue weighted by Gasteiger charge is 2.35. The molecule has 1 unspecified atom stereocenters. The number of nitrogens with zero attached hydrogens (tertiary/aromatic N) is 4. The van der Waals surface area contributed by atoms with Gasteiger partial charge in [0.1, 0.15) is 0 Å². The number of benzene rings is 2. The number of nitrogens with one attached hydrogen (secondary N) is 1. The summed E-state index contributed by atoms with van der Waals surface area (Å²) in [6, 6.07) is 15.7. The van der Waals surface area contributed by atoms with Crippen LogP contribution in [0.25, 0.3) is 0 Å². The number of aromatic nitrogens is 1. The normalized spacial score (nSPS) is 17.7. The molecule has 2 aliphatic heterocycles. The third kappa shape index (κ3) is 4.88. The molecule has 3 heterocycles. The number of hydrogen-bond acceptors (Lipinski definition) is 5. The maximum Gasteiger partial charge on any atom is 0.258 e. The third-order valence-electron chi connectivity index (χ3n) is 7.87. The first kappa shape index (κ1) is 26.2.